The van der Waals surface area contributed by atoms with E-state index in [1.54, 1.807) is 56.3 Å². The van der Waals surface area contributed by atoms with Crippen LogP contribution in [0.2, 0.25) is 0 Å². The number of rotatable bonds is 9. The molecule has 8 heteroatoms. The van der Waals surface area contributed by atoms with Crippen LogP contribution in [0.5, 0.6) is 17.2 Å². The van der Waals surface area contributed by atoms with Crippen LogP contribution in [-0.2, 0) is 26.3 Å². The topological polar surface area (TPSA) is 105 Å². The summed E-state index contributed by atoms with van der Waals surface area (Å²) in [4.78, 5) is 48.9. The molecule has 0 amide bonds. The lowest BCUT2D eigenvalue weighted by Gasteiger charge is -2.23. The third-order valence-electron chi connectivity index (χ3n) is 5.73. The van der Waals surface area contributed by atoms with Gasteiger partial charge in [-0.15, -0.1) is 0 Å². The number of hydrogen-bond donors (Lipinski definition) is 0. The molecular weight excluding hydrogens is 524 g/mol. The maximum atomic E-state index is 12.9. The fourth-order valence-corrected chi connectivity index (χ4v) is 3.43. The van der Waals surface area contributed by atoms with Crippen LogP contribution in [0.1, 0.15) is 66.5 Å². The first kappa shape index (κ1) is 30.6. The molecule has 212 valence electrons. The minimum absolute atomic E-state index is 0.0583. The van der Waals surface area contributed by atoms with E-state index in [1.165, 1.54) is 24.3 Å². The normalized spacial score (nSPS) is 10.8. The summed E-state index contributed by atoms with van der Waals surface area (Å²) >= 11 is 0. The summed E-state index contributed by atoms with van der Waals surface area (Å²) in [6.45, 7) is 16.1. The van der Waals surface area contributed by atoms with Crippen molar-refractivity contribution in [2.45, 2.75) is 46.6 Å². The van der Waals surface area contributed by atoms with Crippen molar-refractivity contribution in [2.24, 2.45) is 0 Å². The monoisotopic (exact) mass is 556 g/mol. The maximum absolute atomic E-state index is 12.9. The minimum Gasteiger partial charge on any atom is -0.457 e. The summed E-state index contributed by atoms with van der Waals surface area (Å²) in [5.74, 6) is -1.36. The lowest BCUT2D eigenvalue weighted by atomic mass is 9.86. The van der Waals surface area contributed by atoms with E-state index in [9.17, 15) is 19.2 Å². The molecule has 41 heavy (non-hydrogen) atoms. The summed E-state index contributed by atoms with van der Waals surface area (Å²) in [5, 5.41) is 0. The molecule has 3 rings (SSSR count). The lowest BCUT2D eigenvalue weighted by Crippen LogP contribution is -2.17. The van der Waals surface area contributed by atoms with Crippen molar-refractivity contribution in [1.82, 2.24) is 0 Å². The number of hydrogen-bond acceptors (Lipinski definition) is 8. The zero-order chi connectivity index (χ0) is 30.3. The fraction of sp³-hybridized carbons (Fsp3) is 0.212. The van der Waals surface area contributed by atoms with Crippen LogP contribution >= 0.6 is 0 Å². The molecule has 8 nitrogen and oxygen atoms in total. The lowest BCUT2D eigenvalue weighted by molar-refractivity contribution is -0.140. The largest absolute Gasteiger partial charge is 0.457 e. The Morgan fingerprint density at radius 1 is 0.659 bits per heavy atom. The van der Waals surface area contributed by atoms with Crippen LogP contribution in [0.15, 0.2) is 91.0 Å². The number of esters is 4. The van der Waals surface area contributed by atoms with E-state index in [0.717, 1.165) is 0 Å². The zero-order valence-corrected chi connectivity index (χ0v) is 23.7. The van der Waals surface area contributed by atoms with Crippen LogP contribution in [0.25, 0.3) is 0 Å². The van der Waals surface area contributed by atoms with Gasteiger partial charge in [0.2, 0.25) is 0 Å². The van der Waals surface area contributed by atoms with Crippen LogP contribution in [0.4, 0.5) is 0 Å². The number of benzene rings is 3. The molecule has 0 aliphatic heterocycles. The minimum atomic E-state index is -0.605. The molecule has 0 fully saturated rings. The van der Waals surface area contributed by atoms with Crippen molar-refractivity contribution in [3.8, 4) is 17.2 Å². The van der Waals surface area contributed by atoms with E-state index in [1.807, 2.05) is 20.8 Å². The SMILES string of the molecule is C=C(C)C(=O)OCc1ccc(C(=O)Oc2ccc(OC(=O)c3ccc(OC(=O)C(=C)C)cc3)c(C(C)(C)C)c2)cc1. The Bertz CT molecular complexity index is 1490. The van der Waals surface area contributed by atoms with Crippen molar-refractivity contribution in [1.29, 1.82) is 0 Å². The van der Waals surface area contributed by atoms with Gasteiger partial charge in [-0.05, 0) is 79.4 Å². The number of carbonyl (C=O) groups is 4. The van der Waals surface area contributed by atoms with Crippen LogP contribution in [0.3, 0.4) is 0 Å². The Morgan fingerprint density at radius 3 is 1.71 bits per heavy atom. The molecule has 0 heterocycles. The van der Waals surface area contributed by atoms with E-state index in [0.29, 0.717) is 28.0 Å². The van der Waals surface area contributed by atoms with Gasteiger partial charge in [-0.25, -0.2) is 19.2 Å². The highest BCUT2D eigenvalue weighted by molar-refractivity contribution is 5.93. The molecule has 0 spiro atoms. The summed E-state index contributed by atoms with van der Waals surface area (Å²) < 4.78 is 21.5. The van der Waals surface area contributed by atoms with Gasteiger partial charge in [-0.3, -0.25) is 0 Å². The van der Waals surface area contributed by atoms with Crippen LogP contribution in [-0.4, -0.2) is 23.9 Å². The number of ether oxygens (including phenoxy) is 4. The fourth-order valence-electron chi connectivity index (χ4n) is 3.43. The molecular formula is C33H32O8. The predicted molar refractivity (Wildman–Crippen MR) is 153 cm³/mol. The zero-order valence-electron chi connectivity index (χ0n) is 23.7. The van der Waals surface area contributed by atoms with Crippen LogP contribution in [0, 0.1) is 0 Å². The average Bonchev–Trinajstić information content (AvgIpc) is 2.92. The second kappa shape index (κ2) is 12.9. The van der Waals surface area contributed by atoms with E-state index in [4.69, 9.17) is 18.9 Å². The Kier molecular flexibility index (Phi) is 9.63. The van der Waals surface area contributed by atoms with Crippen molar-refractivity contribution in [2.75, 3.05) is 0 Å². The molecule has 0 aliphatic rings. The summed E-state index contributed by atoms with van der Waals surface area (Å²) in [6.07, 6.45) is 0. The van der Waals surface area contributed by atoms with Crippen molar-refractivity contribution in [3.63, 3.8) is 0 Å². The second-order valence-corrected chi connectivity index (χ2v) is 10.4. The van der Waals surface area contributed by atoms with Gasteiger partial charge in [0.1, 0.15) is 23.9 Å². The molecule has 0 saturated heterocycles. The molecule has 3 aromatic rings. The Morgan fingerprint density at radius 2 is 1.17 bits per heavy atom. The first-order valence-corrected chi connectivity index (χ1v) is 12.7. The quantitative estimate of drug-likeness (QED) is 0.167. The van der Waals surface area contributed by atoms with E-state index in [2.05, 4.69) is 13.2 Å². The second-order valence-electron chi connectivity index (χ2n) is 10.4. The highest BCUT2D eigenvalue weighted by Gasteiger charge is 2.23. The van der Waals surface area contributed by atoms with Crippen molar-refractivity contribution in [3.05, 3.63) is 113 Å². The molecule has 0 atom stereocenters. The highest BCUT2D eigenvalue weighted by atomic mass is 16.5. The van der Waals surface area contributed by atoms with Crippen molar-refractivity contribution < 1.29 is 38.1 Å². The van der Waals surface area contributed by atoms with Crippen LogP contribution < -0.4 is 14.2 Å². The third kappa shape index (κ3) is 8.50. The molecule has 0 aliphatic carbocycles. The molecule has 0 aromatic heterocycles. The first-order chi connectivity index (χ1) is 19.2. The summed E-state index contributed by atoms with van der Waals surface area (Å²) in [7, 11) is 0. The van der Waals surface area contributed by atoms with Crippen molar-refractivity contribution >= 4 is 23.9 Å². The average molecular weight is 557 g/mol. The number of carbonyl (C=O) groups excluding carboxylic acids is 4. The Balaban J connectivity index is 1.71. The maximum Gasteiger partial charge on any atom is 0.343 e. The van der Waals surface area contributed by atoms with Gasteiger partial charge in [0.05, 0.1) is 11.1 Å². The smallest absolute Gasteiger partial charge is 0.343 e. The molecule has 0 unspecified atom stereocenters. The van der Waals surface area contributed by atoms with E-state index >= 15 is 0 Å². The summed E-state index contributed by atoms with van der Waals surface area (Å²) in [5.41, 5.74) is 2.03. The van der Waals surface area contributed by atoms with E-state index in [-0.39, 0.29) is 29.2 Å². The standard InChI is InChI=1S/C33H32O8/c1-20(2)29(34)38-19-22-8-10-23(11-9-22)31(36)40-26-16-17-28(27(18-26)33(5,6)7)41-32(37)24-12-14-25(15-13-24)39-30(35)21(3)4/h8-18H,1,3,19H2,2,4-7H3. The van der Waals surface area contributed by atoms with Gasteiger partial charge in [0, 0.05) is 16.7 Å². The summed E-state index contributed by atoms with van der Waals surface area (Å²) in [6, 6.07) is 17.2. The highest BCUT2D eigenvalue weighted by Crippen LogP contribution is 2.35. The first-order valence-electron chi connectivity index (χ1n) is 12.7. The van der Waals surface area contributed by atoms with Gasteiger partial charge in [0.25, 0.3) is 0 Å². The molecule has 3 aromatic carbocycles. The predicted octanol–water partition coefficient (Wildman–Crippen LogP) is 6.52. The molecule has 0 radical (unpaired) electrons. The van der Waals surface area contributed by atoms with Gasteiger partial charge < -0.3 is 18.9 Å². The molecule has 0 saturated carbocycles. The Labute approximate surface area is 239 Å². The molecule has 0 N–H and O–H groups in total. The van der Waals surface area contributed by atoms with Gasteiger partial charge in [0.15, 0.2) is 0 Å². The Hall–Kier alpha value is -4.98. The van der Waals surface area contributed by atoms with Gasteiger partial charge >= 0.3 is 23.9 Å². The van der Waals surface area contributed by atoms with Gasteiger partial charge in [-0.1, -0.05) is 46.1 Å². The third-order valence-corrected chi connectivity index (χ3v) is 5.73. The molecule has 0 bridgehead atoms. The van der Waals surface area contributed by atoms with Gasteiger partial charge in [-0.2, -0.15) is 0 Å². The van der Waals surface area contributed by atoms with E-state index < -0.39 is 29.3 Å².